The Morgan fingerprint density at radius 1 is 1.21 bits per heavy atom. The molecule has 1 aromatic carbocycles. The number of ether oxygens (including phenoxy) is 1. The van der Waals surface area contributed by atoms with Gasteiger partial charge in [0.15, 0.2) is 0 Å². The van der Waals surface area contributed by atoms with Crippen LogP contribution in [0.4, 0.5) is 5.69 Å². The molecular weight excluding hydrogens is 242 g/mol. The molecule has 1 unspecified atom stereocenters. The summed E-state index contributed by atoms with van der Waals surface area (Å²) < 4.78 is 5.68. The molecule has 98 valence electrons. The lowest BCUT2D eigenvalue weighted by Crippen LogP contribution is -2.15. The smallest absolute Gasteiger partial charge is 0.267 e. The number of benzene rings is 1. The van der Waals surface area contributed by atoms with Crippen LogP contribution in [-0.2, 0) is 0 Å². The molecule has 0 aliphatic carbocycles. The number of pyridine rings is 1. The number of rotatable bonds is 4. The van der Waals surface area contributed by atoms with Gasteiger partial charge in [-0.3, -0.25) is 4.79 Å². The Hall–Kier alpha value is -2.56. The third-order valence-corrected chi connectivity index (χ3v) is 2.70. The molecule has 0 saturated carbocycles. The van der Waals surface area contributed by atoms with Gasteiger partial charge in [-0.25, -0.2) is 4.98 Å². The topological polar surface area (TPSA) is 91.2 Å². The summed E-state index contributed by atoms with van der Waals surface area (Å²) in [5.74, 6) is -0.398. The van der Waals surface area contributed by atoms with Gasteiger partial charge in [0.25, 0.3) is 5.91 Å². The van der Waals surface area contributed by atoms with E-state index in [-0.39, 0.29) is 17.7 Å². The molecule has 2 rings (SSSR count). The zero-order chi connectivity index (χ0) is 13.8. The van der Waals surface area contributed by atoms with E-state index in [1.807, 2.05) is 37.3 Å². The van der Waals surface area contributed by atoms with Gasteiger partial charge in [-0.2, -0.15) is 0 Å². The second-order valence-electron chi connectivity index (χ2n) is 4.13. The Bertz CT molecular complexity index is 584. The first-order valence-corrected chi connectivity index (χ1v) is 5.86. The predicted octanol–water partition coefficient (Wildman–Crippen LogP) is 1.90. The van der Waals surface area contributed by atoms with Crippen molar-refractivity contribution in [3.8, 4) is 5.88 Å². The van der Waals surface area contributed by atoms with Crippen LogP contribution in [0.3, 0.4) is 0 Å². The van der Waals surface area contributed by atoms with Gasteiger partial charge in [0, 0.05) is 0 Å². The number of amides is 1. The van der Waals surface area contributed by atoms with Crippen LogP contribution in [0.15, 0.2) is 42.5 Å². The van der Waals surface area contributed by atoms with E-state index in [4.69, 9.17) is 16.2 Å². The highest BCUT2D eigenvalue weighted by Crippen LogP contribution is 2.25. The minimum atomic E-state index is -0.614. The van der Waals surface area contributed by atoms with Crippen molar-refractivity contribution in [3.63, 3.8) is 0 Å². The van der Waals surface area contributed by atoms with E-state index in [9.17, 15) is 4.79 Å². The van der Waals surface area contributed by atoms with Gasteiger partial charge in [-0.05, 0) is 24.6 Å². The van der Waals surface area contributed by atoms with Crippen LogP contribution in [-0.4, -0.2) is 10.9 Å². The molecule has 1 heterocycles. The van der Waals surface area contributed by atoms with Crippen LogP contribution in [0.1, 0.15) is 29.1 Å². The fourth-order valence-electron chi connectivity index (χ4n) is 1.64. The standard InChI is InChI=1S/C14H15N3O2/c1-9(10-5-3-2-4-6-10)19-14-11(15)7-8-12(17-14)13(16)18/h2-9H,15H2,1H3,(H2,16,18). The van der Waals surface area contributed by atoms with Gasteiger partial charge >= 0.3 is 0 Å². The van der Waals surface area contributed by atoms with E-state index in [1.165, 1.54) is 6.07 Å². The second kappa shape index (κ2) is 5.39. The SMILES string of the molecule is CC(Oc1nc(C(N)=O)ccc1N)c1ccccc1. The average Bonchev–Trinajstić information content (AvgIpc) is 2.42. The van der Waals surface area contributed by atoms with Crippen LogP contribution in [0.5, 0.6) is 5.88 Å². The van der Waals surface area contributed by atoms with Crippen molar-refractivity contribution in [2.24, 2.45) is 5.73 Å². The first-order valence-electron chi connectivity index (χ1n) is 5.86. The van der Waals surface area contributed by atoms with Crippen LogP contribution >= 0.6 is 0 Å². The van der Waals surface area contributed by atoms with Crippen LogP contribution < -0.4 is 16.2 Å². The summed E-state index contributed by atoms with van der Waals surface area (Å²) in [6.45, 7) is 1.88. The summed E-state index contributed by atoms with van der Waals surface area (Å²) in [7, 11) is 0. The molecule has 0 spiro atoms. The lowest BCUT2D eigenvalue weighted by Gasteiger charge is -2.15. The van der Waals surface area contributed by atoms with Crippen LogP contribution in [0, 0.1) is 0 Å². The lowest BCUT2D eigenvalue weighted by atomic mass is 10.1. The largest absolute Gasteiger partial charge is 0.468 e. The van der Waals surface area contributed by atoms with Crippen LogP contribution in [0.2, 0.25) is 0 Å². The van der Waals surface area contributed by atoms with Gasteiger partial charge in [-0.1, -0.05) is 30.3 Å². The highest BCUT2D eigenvalue weighted by molar-refractivity contribution is 5.91. The van der Waals surface area contributed by atoms with Crippen molar-refractivity contribution in [3.05, 3.63) is 53.7 Å². The zero-order valence-corrected chi connectivity index (χ0v) is 10.5. The minimum Gasteiger partial charge on any atom is -0.468 e. The zero-order valence-electron chi connectivity index (χ0n) is 10.5. The highest BCUT2D eigenvalue weighted by Gasteiger charge is 2.12. The maximum absolute atomic E-state index is 11.1. The highest BCUT2D eigenvalue weighted by atomic mass is 16.5. The molecule has 1 atom stereocenters. The maximum Gasteiger partial charge on any atom is 0.267 e. The number of nitrogens with zero attached hydrogens (tertiary/aromatic N) is 1. The fourth-order valence-corrected chi connectivity index (χ4v) is 1.64. The number of nitrogen functional groups attached to an aromatic ring is 1. The number of anilines is 1. The molecule has 0 radical (unpaired) electrons. The summed E-state index contributed by atoms with van der Waals surface area (Å²) >= 11 is 0. The monoisotopic (exact) mass is 257 g/mol. The van der Waals surface area contributed by atoms with Crippen molar-refractivity contribution in [1.29, 1.82) is 0 Å². The fraction of sp³-hybridized carbons (Fsp3) is 0.143. The number of nitrogens with two attached hydrogens (primary N) is 2. The second-order valence-corrected chi connectivity index (χ2v) is 4.13. The number of aromatic nitrogens is 1. The number of primary amides is 1. The first kappa shape index (κ1) is 12.9. The summed E-state index contributed by atoms with van der Waals surface area (Å²) in [5.41, 5.74) is 12.4. The van der Waals surface area contributed by atoms with Gasteiger partial charge in [0.1, 0.15) is 11.8 Å². The Morgan fingerprint density at radius 3 is 2.53 bits per heavy atom. The Morgan fingerprint density at radius 2 is 1.89 bits per heavy atom. The van der Waals surface area contributed by atoms with Gasteiger partial charge in [0.05, 0.1) is 5.69 Å². The Balaban J connectivity index is 2.23. The molecule has 0 saturated heterocycles. The van der Waals surface area contributed by atoms with Crippen molar-refractivity contribution in [2.45, 2.75) is 13.0 Å². The number of carbonyl (C=O) groups excluding carboxylic acids is 1. The summed E-state index contributed by atoms with van der Waals surface area (Å²) in [4.78, 5) is 15.1. The third kappa shape index (κ3) is 3.01. The maximum atomic E-state index is 11.1. The van der Waals surface area contributed by atoms with Crippen molar-refractivity contribution < 1.29 is 9.53 Å². The minimum absolute atomic E-state index is 0.129. The van der Waals surface area contributed by atoms with E-state index in [0.717, 1.165) is 5.56 Å². The van der Waals surface area contributed by atoms with Crippen LogP contribution in [0.25, 0.3) is 0 Å². The number of hydrogen-bond donors (Lipinski definition) is 2. The normalized spacial score (nSPS) is 11.8. The molecule has 0 bridgehead atoms. The van der Waals surface area contributed by atoms with Gasteiger partial charge < -0.3 is 16.2 Å². The van der Waals surface area contributed by atoms with Gasteiger partial charge in [0.2, 0.25) is 5.88 Å². The average molecular weight is 257 g/mol. The van der Waals surface area contributed by atoms with Crippen molar-refractivity contribution >= 4 is 11.6 Å². The molecule has 4 N–H and O–H groups in total. The molecule has 5 nitrogen and oxygen atoms in total. The summed E-state index contributed by atoms with van der Waals surface area (Å²) in [6, 6.07) is 12.7. The van der Waals surface area contributed by atoms with E-state index in [2.05, 4.69) is 4.98 Å². The van der Waals surface area contributed by atoms with Crippen molar-refractivity contribution in [2.75, 3.05) is 5.73 Å². The molecule has 5 heteroatoms. The van der Waals surface area contributed by atoms with E-state index < -0.39 is 5.91 Å². The molecule has 1 amide bonds. The van der Waals surface area contributed by atoms with Crippen molar-refractivity contribution in [1.82, 2.24) is 4.98 Å². The van der Waals surface area contributed by atoms with E-state index >= 15 is 0 Å². The summed E-state index contributed by atoms with van der Waals surface area (Å²) in [5, 5.41) is 0. The molecule has 19 heavy (non-hydrogen) atoms. The molecule has 0 fully saturated rings. The van der Waals surface area contributed by atoms with Gasteiger partial charge in [-0.15, -0.1) is 0 Å². The molecule has 1 aromatic heterocycles. The Kier molecular flexibility index (Phi) is 3.66. The predicted molar refractivity (Wildman–Crippen MR) is 72.7 cm³/mol. The van der Waals surface area contributed by atoms with E-state index in [0.29, 0.717) is 5.69 Å². The van der Waals surface area contributed by atoms with E-state index in [1.54, 1.807) is 6.07 Å². The quantitative estimate of drug-likeness (QED) is 0.875. The molecular formula is C14H15N3O2. The lowest BCUT2D eigenvalue weighted by molar-refractivity contribution is 0.0993. The first-order chi connectivity index (χ1) is 9.08. The molecule has 0 aliphatic rings. The Labute approximate surface area is 111 Å². The molecule has 0 aliphatic heterocycles. The molecule has 2 aromatic rings. The summed E-state index contributed by atoms with van der Waals surface area (Å²) in [6.07, 6.45) is -0.223. The number of hydrogen-bond acceptors (Lipinski definition) is 4. The third-order valence-electron chi connectivity index (χ3n) is 2.70. The number of carbonyl (C=O) groups is 1.